The molecule has 3 aromatic carbocycles. The summed E-state index contributed by atoms with van der Waals surface area (Å²) in [5.41, 5.74) is 3.80. The predicted molar refractivity (Wildman–Crippen MR) is 148 cm³/mol. The number of methoxy groups -OCH3 is 1. The van der Waals surface area contributed by atoms with E-state index in [9.17, 15) is 9.59 Å². The fraction of sp³-hybridized carbons (Fsp3) is 0.290. The van der Waals surface area contributed by atoms with E-state index in [1.54, 1.807) is 24.1 Å². The highest BCUT2D eigenvalue weighted by molar-refractivity contribution is 5.98. The Labute approximate surface area is 218 Å². The third-order valence-corrected chi connectivity index (χ3v) is 6.63. The molecule has 1 aromatic heterocycles. The first-order valence-electron chi connectivity index (χ1n) is 12.9. The van der Waals surface area contributed by atoms with E-state index in [-0.39, 0.29) is 18.4 Å². The van der Waals surface area contributed by atoms with Gasteiger partial charge in [-0.2, -0.15) is 0 Å². The summed E-state index contributed by atoms with van der Waals surface area (Å²) in [6.07, 6.45) is 4.49. The van der Waals surface area contributed by atoms with Crippen molar-refractivity contribution in [2.24, 2.45) is 0 Å². The summed E-state index contributed by atoms with van der Waals surface area (Å²) in [6, 6.07) is 25.4. The summed E-state index contributed by atoms with van der Waals surface area (Å²) in [5, 5.41) is 1.17. The molecule has 0 fully saturated rings. The third-order valence-electron chi connectivity index (χ3n) is 6.63. The number of amides is 2. The SMILES string of the molecule is CCCCN(CC(=O)N(CCc1c[nH]c2ccccc12)Cc1ccccc1)C(=O)c1ccccc1OC. The number of aromatic amines is 1. The molecule has 4 rings (SSSR count). The van der Waals surface area contributed by atoms with E-state index in [0.29, 0.717) is 30.9 Å². The lowest BCUT2D eigenvalue weighted by atomic mass is 10.1. The zero-order valence-electron chi connectivity index (χ0n) is 21.7. The summed E-state index contributed by atoms with van der Waals surface area (Å²) in [4.78, 5) is 34.1. The minimum Gasteiger partial charge on any atom is -0.496 e. The molecule has 0 radical (unpaired) electrons. The number of nitrogens with one attached hydrogen (secondary N) is 1. The maximum atomic E-state index is 13.7. The Morgan fingerprint density at radius 3 is 2.38 bits per heavy atom. The van der Waals surface area contributed by atoms with Crippen LogP contribution in [-0.4, -0.2) is 53.3 Å². The number of benzene rings is 3. The standard InChI is InChI=1S/C31H35N3O3/c1-3-4-19-34(31(36)27-15-9-11-17-29(27)37-2)23-30(35)33(22-24-12-6-5-7-13-24)20-18-25-21-32-28-16-10-8-14-26(25)28/h5-17,21,32H,3-4,18-20,22-23H2,1-2H3. The van der Waals surface area contributed by atoms with Gasteiger partial charge in [-0.05, 0) is 42.2 Å². The largest absolute Gasteiger partial charge is 0.496 e. The zero-order valence-corrected chi connectivity index (χ0v) is 21.7. The van der Waals surface area contributed by atoms with Gasteiger partial charge >= 0.3 is 0 Å². The number of rotatable bonds is 12. The van der Waals surface area contributed by atoms with Crippen LogP contribution >= 0.6 is 0 Å². The van der Waals surface area contributed by atoms with E-state index < -0.39 is 0 Å². The first-order chi connectivity index (χ1) is 18.1. The molecule has 0 aliphatic carbocycles. The molecule has 6 nitrogen and oxygen atoms in total. The Balaban J connectivity index is 1.54. The highest BCUT2D eigenvalue weighted by Gasteiger charge is 2.24. The van der Waals surface area contributed by atoms with Crippen molar-refractivity contribution in [3.63, 3.8) is 0 Å². The maximum Gasteiger partial charge on any atom is 0.258 e. The minimum absolute atomic E-state index is 0.0254. The van der Waals surface area contributed by atoms with Gasteiger partial charge in [0, 0.05) is 36.7 Å². The molecular formula is C31H35N3O3. The number of para-hydroxylation sites is 2. The lowest BCUT2D eigenvalue weighted by molar-refractivity contribution is -0.132. The molecule has 0 atom stereocenters. The Morgan fingerprint density at radius 1 is 0.865 bits per heavy atom. The van der Waals surface area contributed by atoms with Crippen LogP contribution in [0, 0.1) is 0 Å². The molecule has 2 amide bonds. The highest BCUT2D eigenvalue weighted by Crippen LogP contribution is 2.21. The van der Waals surface area contributed by atoms with Crippen molar-refractivity contribution < 1.29 is 14.3 Å². The normalized spacial score (nSPS) is 10.9. The second-order valence-electron chi connectivity index (χ2n) is 9.19. The fourth-order valence-corrected chi connectivity index (χ4v) is 4.55. The molecule has 0 spiro atoms. The number of ether oxygens (including phenoxy) is 1. The molecule has 6 heteroatoms. The molecule has 37 heavy (non-hydrogen) atoms. The summed E-state index contributed by atoms with van der Waals surface area (Å²) in [6.45, 7) is 3.67. The van der Waals surface area contributed by atoms with E-state index >= 15 is 0 Å². The molecule has 4 aromatic rings. The number of hydrogen-bond acceptors (Lipinski definition) is 3. The monoisotopic (exact) mass is 497 g/mol. The molecule has 0 saturated heterocycles. The maximum absolute atomic E-state index is 13.7. The molecule has 0 unspecified atom stereocenters. The summed E-state index contributed by atoms with van der Waals surface area (Å²) < 4.78 is 5.42. The molecule has 192 valence electrons. The van der Waals surface area contributed by atoms with Crippen LogP contribution in [0.2, 0.25) is 0 Å². The van der Waals surface area contributed by atoms with Gasteiger partial charge in [0.2, 0.25) is 5.91 Å². The van der Waals surface area contributed by atoms with Gasteiger partial charge in [0.05, 0.1) is 12.7 Å². The van der Waals surface area contributed by atoms with Crippen molar-refractivity contribution >= 4 is 22.7 Å². The van der Waals surface area contributed by atoms with Gasteiger partial charge in [0.1, 0.15) is 12.3 Å². The van der Waals surface area contributed by atoms with Crippen LogP contribution in [0.5, 0.6) is 5.75 Å². The molecular weight excluding hydrogens is 462 g/mol. The van der Waals surface area contributed by atoms with E-state index in [1.807, 2.05) is 65.7 Å². The third kappa shape index (κ3) is 6.58. The summed E-state index contributed by atoms with van der Waals surface area (Å²) in [7, 11) is 1.56. The highest BCUT2D eigenvalue weighted by atomic mass is 16.5. The van der Waals surface area contributed by atoms with E-state index in [0.717, 1.165) is 30.3 Å². The van der Waals surface area contributed by atoms with Crippen LogP contribution in [0.1, 0.15) is 41.3 Å². The van der Waals surface area contributed by atoms with Gasteiger partial charge in [-0.3, -0.25) is 9.59 Å². The average molecular weight is 498 g/mol. The topological polar surface area (TPSA) is 65.6 Å². The second kappa shape index (κ2) is 12.8. The number of nitrogens with zero attached hydrogens (tertiary/aromatic N) is 2. The van der Waals surface area contributed by atoms with Crippen molar-refractivity contribution in [3.05, 3.63) is 102 Å². The number of fused-ring (bicyclic) bond motifs is 1. The van der Waals surface area contributed by atoms with Crippen LogP contribution in [0.25, 0.3) is 10.9 Å². The van der Waals surface area contributed by atoms with Crippen molar-refractivity contribution in [2.45, 2.75) is 32.7 Å². The van der Waals surface area contributed by atoms with Crippen molar-refractivity contribution in [2.75, 3.05) is 26.7 Å². The van der Waals surface area contributed by atoms with Crippen LogP contribution in [0.3, 0.4) is 0 Å². The van der Waals surface area contributed by atoms with Crippen LogP contribution < -0.4 is 4.74 Å². The molecule has 0 aliphatic rings. The Hall–Kier alpha value is -4.06. The number of H-pyrrole nitrogens is 1. The molecule has 0 bridgehead atoms. The lowest BCUT2D eigenvalue weighted by Crippen LogP contribution is -2.43. The number of unbranched alkanes of at least 4 members (excludes halogenated alkanes) is 1. The van der Waals surface area contributed by atoms with Crippen LogP contribution in [0.4, 0.5) is 0 Å². The predicted octanol–water partition coefficient (Wildman–Crippen LogP) is 5.69. The number of carbonyl (C=O) groups is 2. The Kier molecular flexibility index (Phi) is 8.98. The van der Waals surface area contributed by atoms with Gasteiger partial charge in [0.25, 0.3) is 5.91 Å². The molecule has 0 saturated carbocycles. The van der Waals surface area contributed by atoms with Gasteiger partial charge in [0.15, 0.2) is 0 Å². The number of aromatic nitrogens is 1. The number of carbonyl (C=O) groups excluding carboxylic acids is 2. The van der Waals surface area contributed by atoms with E-state index in [2.05, 4.69) is 24.0 Å². The van der Waals surface area contributed by atoms with Gasteiger partial charge in [-0.1, -0.05) is 74.0 Å². The average Bonchev–Trinajstić information content (AvgIpc) is 3.36. The lowest BCUT2D eigenvalue weighted by Gasteiger charge is -2.28. The zero-order chi connectivity index (χ0) is 26.0. The quantitative estimate of drug-likeness (QED) is 0.273. The van der Waals surface area contributed by atoms with Crippen molar-refractivity contribution in [1.82, 2.24) is 14.8 Å². The first kappa shape index (κ1) is 26.0. The minimum atomic E-state index is -0.185. The van der Waals surface area contributed by atoms with Crippen molar-refractivity contribution in [3.8, 4) is 5.75 Å². The summed E-state index contributed by atoms with van der Waals surface area (Å²) in [5.74, 6) is 0.264. The van der Waals surface area contributed by atoms with Gasteiger partial charge < -0.3 is 19.5 Å². The first-order valence-corrected chi connectivity index (χ1v) is 12.9. The van der Waals surface area contributed by atoms with Crippen molar-refractivity contribution in [1.29, 1.82) is 0 Å². The van der Waals surface area contributed by atoms with E-state index in [4.69, 9.17) is 4.74 Å². The fourth-order valence-electron chi connectivity index (χ4n) is 4.55. The molecule has 1 N–H and O–H groups in total. The number of hydrogen-bond donors (Lipinski definition) is 1. The molecule has 0 aliphatic heterocycles. The second-order valence-corrected chi connectivity index (χ2v) is 9.19. The van der Waals surface area contributed by atoms with Gasteiger partial charge in [-0.15, -0.1) is 0 Å². The van der Waals surface area contributed by atoms with E-state index in [1.165, 1.54) is 10.9 Å². The van der Waals surface area contributed by atoms with Gasteiger partial charge in [-0.25, -0.2) is 0 Å². The molecule has 1 heterocycles. The smallest absolute Gasteiger partial charge is 0.258 e. The summed E-state index contributed by atoms with van der Waals surface area (Å²) >= 11 is 0. The Bertz CT molecular complexity index is 1320. The Morgan fingerprint density at radius 2 is 1.59 bits per heavy atom. The van der Waals surface area contributed by atoms with Crippen LogP contribution in [-0.2, 0) is 17.8 Å². The van der Waals surface area contributed by atoms with Crippen LogP contribution in [0.15, 0.2) is 85.1 Å².